The lowest BCUT2D eigenvalue weighted by Crippen LogP contribution is -2.16. The van der Waals surface area contributed by atoms with Crippen molar-refractivity contribution in [3.05, 3.63) is 35.7 Å². The third-order valence-electron chi connectivity index (χ3n) is 2.59. The van der Waals surface area contributed by atoms with Crippen LogP contribution in [-0.2, 0) is 11.3 Å². The Hall–Kier alpha value is -1.42. The number of alkyl halides is 1. The van der Waals surface area contributed by atoms with Gasteiger partial charge in [-0.3, -0.25) is 0 Å². The summed E-state index contributed by atoms with van der Waals surface area (Å²) >= 11 is 5.83. The highest BCUT2D eigenvalue weighted by Gasteiger charge is 2.20. The molecule has 0 aliphatic heterocycles. The maximum atomic E-state index is 5.83. The Kier molecular flexibility index (Phi) is 3.15. The molecule has 2 rings (SSSR count). The van der Waals surface area contributed by atoms with Crippen LogP contribution in [0, 0.1) is 0 Å². The zero-order valence-corrected chi connectivity index (χ0v) is 10.9. The van der Waals surface area contributed by atoms with Crippen LogP contribution in [0.25, 0.3) is 5.69 Å². The summed E-state index contributed by atoms with van der Waals surface area (Å²) in [4.78, 5) is 0. The number of hydrogen-bond acceptors (Lipinski definition) is 3. The third kappa shape index (κ3) is 2.31. The fourth-order valence-corrected chi connectivity index (χ4v) is 1.94. The molecule has 1 heterocycles. The van der Waals surface area contributed by atoms with Gasteiger partial charge in [-0.1, -0.05) is 39.0 Å². The van der Waals surface area contributed by atoms with Crippen molar-refractivity contribution in [3.8, 4) is 5.69 Å². The average molecular weight is 251 g/mol. The molecule has 4 nitrogen and oxygen atoms in total. The highest BCUT2D eigenvalue weighted by molar-refractivity contribution is 6.16. The van der Waals surface area contributed by atoms with Crippen molar-refractivity contribution in [2.24, 2.45) is 0 Å². The van der Waals surface area contributed by atoms with Gasteiger partial charge in [0, 0.05) is 0 Å². The quantitative estimate of drug-likeness (QED) is 0.770. The Balaban J connectivity index is 2.60. The monoisotopic (exact) mass is 250 g/mol. The predicted molar refractivity (Wildman–Crippen MR) is 67.4 cm³/mol. The number of hydrogen-bond donors (Lipinski definition) is 0. The second kappa shape index (κ2) is 4.45. The molecule has 0 fully saturated rings. The minimum absolute atomic E-state index is 0.0339. The summed E-state index contributed by atoms with van der Waals surface area (Å²) in [6.07, 6.45) is 0. The lowest BCUT2D eigenvalue weighted by atomic mass is 9.86. The van der Waals surface area contributed by atoms with E-state index in [1.807, 2.05) is 18.2 Å². The van der Waals surface area contributed by atoms with Crippen LogP contribution in [-0.4, -0.2) is 20.2 Å². The molecule has 0 amide bonds. The van der Waals surface area contributed by atoms with Gasteiger partial charge in [-0.05, 0) is 27.5 Å². The number of benzene rings is 1. The second-order valence-corrected chi connectivity index (χ2v) is 5.17. The summed E-state index contributed by atoms with van der Waals surface area (Å²) in [5.74, 6) is 0.953. The van der Waals surface area contributed by atoms with Crippen molar-refractivity contribution in [1.29, 1.82) is 0 Å². The first-order valence-electron chi connectivity index (χ1n) is 5.47. The third-order valence-corrected chi connectivity index (χ3v) is 2.83. The molecule has 0 aliphatic rings. The van der Waals surface area contributed by atoms with Crippen molar-refractivity contribution in [3.63, 3.8) is 0 Å². The molecular weight excluding hydrogens is 236 g/mol. The van der Waals surface area contributed by atoms with E-state index in [-0.39, 0.29) is 5.41 Å². The Bertz CT molecular complexity index is 513. The fourth-order valence-electron chi connectivity index (χ4n) is 1.77. The van der Waals surface area contributed by atoms with Gasteiger partial charge in [0.15, 0.2) is 5.82 Å². The largest absolute Gasteiger partial charge is 0.196 e. The molecule has 0 saturated carbocycles. The minimum Gasteiger partial charge on any atom is -0.196 e. The Labute approximate surface area is 106 Å². The molecule has 17 heavy (non-hydrogen) atoms. The van der Waals surface area contributed by atoms with Gasteiger partial charge in [0.2, 0.25) is 0 Å². The average Bonchev–Trinajstić information content (AvgIpc) is 2.75. The molecule has 1 aromatic heterocycles. The number of para-hydroxylation sites is 1. The number of tetrazole rings is 1. The van der Waals surface area contributed by atoms with Crippen LogP contribution in [0.3, 0.4) is 0 Å². The van der Waals surface area contributed by atoms with Crippen LogP contribution in [0.5, 0.6) is 0 Å². The first kappa shape index (κ1) is 12.0. The molecule has 0 spiro atoms. The zero-order chi connectivity index (χ0) is 12.5. The van der Waals surface area contributed by atoms with Crippen LogP contribution in [0.2, 0.25) is 0 Å². The van der Waals surface area contributed by atoms with Gasteiger partial charge in [0.25, 0.3) is 0 Å². The Morgan fingerprint density at radius 1 is 1.24 bits per heavy atom. The van der Waals surface area contributed by atoms with E-state index >= 15 is 0 Å². The van der Waals surface area contributed by atoms with E-state index in [4.69, 9.17) is 11.6 Å². The predicted octanol–water partition coefficient (Wildman–Crippen LogP) is 2.70. The van der Waals surface area contributed by atoms with Crippen LogP contribution in [0.1, 0.15) is 32.2 Å². The summed E-state index contributed by atoms with van der Waals surface area (Å²) in [7, 11) is 0. The van der Waals surface area contributed by atoms with Gasteiger partial charge < -0.3 is 0 Å². The van der Waals surface area contributed by atoms with Gasteiger partial charge >= 0.3 is 0 Å². The topological polar surface area (TPSA) is 43.6 Å². The normalized spacial score (nSPS) is 11.8. The van der Waals surface area contributed by atoms with Gasteiger partial charge in [-0.2, -0.15) is 4.68 Å². The summed E-state index contributed by atoms with van der Waals surface area (Å²) in [5.41, 5.74) is 2.21. The molecule has 0 bridgehead atoms. The molecule has 0 aliphatic carbocycles. The van der Waals surface area contributed by atoms with Crippen molar-refractivity contribution < 1.29 is 0 Å². The highest BCUT2D eigenvalue weighted by Crippen LogP contribution is 2.28. The molecule has 0 radical (unpaired) electrons. The first-order valence-corrected chi connectivity index (χ1v) is 6.00. The van der Waals surface area contributed by atoms with Crippen molar-refractivity contribution in [2.75, 3.05) is 0 Å². The van der Waals surface area contributed by atoms with E-state index in [0.717, 1.165) is 5.69 Å². The smallest absolute Gasteiger partial charge is 0.171 e. The number of halogens is 1. The van der Waals surface area contributed by atoms with Crippen LogP contribution in [0.4, 0.5) is 0 Å². The van der Waals surface area contributed by atoms with Gasteiger partial charge in [0.1, 0.15) is 0 Å². The molecule has 2 aromatic rings. The first-order chi connectivity index (χ1) is 8.04. The molecule has 0 saturated heterocycles. The lowest BCUT2D eigenvalue weighted by molar-refractivity contribution is 0.580. The van der Waals surface area contributed by atoms with E-state index in [1.54, 1.807) is 4.68 Å². The van der Waals surface area contributed by atoms with E-state index in [1.165, 1.54) is 5.56 Å². The number of rotatable bonds is 2. The van der Waals surface area contributed by atoms with E-state index in [2.05, 4.69) is 42.4 Å². The van der Waals surface area contributed by atoms with Gasteiger partial charge in [-0.25, -0.2) is 0 Å². The molecule has 5 heteroatoms. The summed E-state index contributed by atoms with van der Waals surface area (Å²) in [6, 6.07) is 8.10. The van der Waals surface area contributed by atoms with Gasteiger partial charge in [-0.15, -0.1) is 16.7 Å². The SMILES string of the molecule is CC(C)(C)c1ccccc1-n1nnnc1CCl. The van der Waals surface area contributed by atoms with Gasteiger partial charge in [0.05, 0.1) is 11.6 Å². The molecule has 0 N–H and O–H groups in total. The maximum Gasteiger partial charge on any atom is 0.171 e. The highest BCUT2D eigenvalue weighted by atomic mass is 35.5. The van der Waals surface area contributed by atoms with Crippen molar-refractivity contribution in [1.82, 2.24) is 20.2 Å². The summed E-state index contributed by atoms with van der Waals surface area (Å²) < 4.78 is 1.70. The fraction of sp³-hybridized carbons (Fsp3) is 0.417. The van der Waals surface area contributed by atoms with E-state index in [0.29, 0.717) is 11.7 Å². The summed E-state index contributed by atoms with van der Waals surface area (Å²) in [5, 5.41) is 11.6. The molecule has 90 valence electrons. The molecule has 0 unspecified atom stereocenters. The van der Waals surface area contributed by atoms with E-state index in [9.17, 15) is 0 Å². The lowest BCUT2D eigenvalue weighted by Gasteiger charge is -2.22. The zero-order valence-electron chi connectivity index (χ0n) is 10.2. The van der Waals surface area contributed by atoms with Crippen molar-refractivity contribution in [2.45, 2.75) is 32.1 Å². The van der Waals surface area contributed by atoms with E-state index < -0.39 is 0 Å². The second-order valence-electron chi connectivity index (χ2n) is 4.91. The maximum absolute atomic E-state index is 5.83. The Morgan fingerprint density at radius 2 is 1.94 bits per heavy atom. The molecule has 0 atom stereocenters. The molecular formula is C12H15ClN4. The molecule has 1 aromatic carbocycles. The van der Waals surface area contributed by atoms with Crippen LogP contribution >= 0.6 is 11.6 Å². The minimum atomic E-state index is 0.0339. The number of nitrogens with zero attached hydrogens (tertiary/aromatic N) is 4. The Morgan fingerprint density at radius 3 is 2.59 bits per heavy atom. The standard InChI is InChI=1S/C12H15ClN4/c1-12(2,3)9-6-4-5-7-10(9)17-11(8-13)14-15-16-17/h4-7H,8H2,1-3H3. The van der Waals surface area contributed by atoms with Crippen molar-refractivity contribution >= 4 is 11.6 Å². The van der Waals surface area contributed by atoms with Crippen LogP contribution in [0.15, 0.2) is 24.3 Å². The summed E-state index contributed by atoms with van der Waals surface area (Å²) in [6.45, 7) is 6.49. The van der Waals surface area contributed by atoms with Crippen LogP contribution < -0.4 is 0 Å². The number of aromatic nitrogens is 4.